The Bertz CT molecular complexity index is 2200. The van der Waals surface area contributed by atoms with E-state index in [0.29, 0.717) is 0 Å². The third-order valence-corrected chi connectivity index (χ3v) is 10.2. The third-order valence-electron chi connectivity index (χ3n) is 9.08. The van der Waals surface area contributed by atoms with Crippen molar-refractivity contribution in [1.82, 2.24) is 4.98 Å². The average Bonchev–Trinajstić information content (AvgIpc) is 3.51. The minimum Gasteiger partial charge on any atom is -0.346 e. The van der Waals surface area contributed by atoms with E-state index in [2.05, 4.69) is 135 Å². The number of nitrogens with one attached hydrogen (secondary N) is 1. The van der Waals surface area contributed by atoms with Gasteiger partial charge >= 0.3 is 0 Å². The summed E-state index contributed by atoms with van der Waals surface area (Å²) in [5.74, 6) is 0. The summed E-state index contributed by atoms with van der Waals surface area (Å²) in [6.07, 6.45) is 0. The number of rotatable bonds is 1. The lowest BCUT2D eigenvalue weighted by atomic mass is 9.56. The molecule has 0 spiro atoms. The van der Waals surface area contributed by atoms with Crippen molar-refractivity contribution in [3.8, 4) is 11.1 Å². The Kier molecular flexibility index (Phi) is 4.32. The largest absolute Gasteiger partial charge is 0.346 e. The number of fused-ring (bicyclic) bond motifs is 9. The molecule has 4 heteroatoms. The Balaban J connectivity index is 1.35. The molecule has 0 unspecified atom stereocenters. The first-order valence-electron chi connectivity index (χ1n) is 14.0. The van der Waals surface area contributed by atoms with Crippen LogP contribution in [0.2, 0.25) is 0 Å². The molecule has 0 bridgehead atoms. The van der Waals surface area contributed by atoms with E-state index in [0.717, 1.165) is 0 Å². The molecule has 189 valence electrons. The first kappa shape index (κ1) is 22.5. The van der Waals surface area contributed by atoms with Gasteiger partial charge in [-0.2, -0.15) is 0 Å². The quantitative estimate of drug-likeness (QED) is 0.211. The van der Waals surface area contributed by atoms with Crippen LogP contribution in [0.15, 0.2) is 97.1 Å². The molecule has 0 fully saturated rings. The summed E-state index contributed by atoms with van der Waals surface area (Å²) < 4.78 is 1.33. The molecule has 4 heterocycles. The molecule has 0 atom stereocenters. The molecule has 2 nitrogen and oxygen atoms in total. The van der Waals surface area contributed by atoms with Crippen LogP contribution in [0, 0.1) is 6.92 Å². The minimum atomic E-state index is -0.0687. The molecular formula is C36H26BN2S. The Hall–Kier alpha value is -4.28. The van der Waals surface area contributed by atoms with E-state index in [-0.39, 0.29) is 5.41 Å². The van der Waals surface area contributed by atoms with E-state index in [1.165, 1.54) is 87.0 Å². The molecule has 2 aliphatic heterocycles. The fourth-order valence-corrected chi connectivity index (χ4v) is 8.39. The van der Waals surface area contributed by atoms with Crippen LogP contribution in [0.25, 0.3) is 42.3 Å². The van der Waals surface area contributed by atoms with E-state index >= 15 is 0 Å². The second kappa shape index (κ2) is 7.68. The number of aryl methyl sites for hydroxylation is 1. The molecule has 5 aromatic carbocycles. The maximum Gasteiger partial charge on any atom is 0.197 e. The summed E-state index contributed by atoms with van der Waals surface area (Å²) in [7, 11) is 2.42. The number of aromatic amines is 1. The molecule has 2 aliphatic rings. The van der Waals surface area contributed by atoms with Gasteiger partial charge in [0, 0.05) is 43.2 Å². The van der Waals surface area contributed by atoms with Gasteiger partial charge in [0.1, 0.15) is 4.83 Å². The van der Waals surface area contributed by atoms with Gasteiger partial charge in [-0.05, 0) is 52.8 Å². The zero-order valence-electron chi connectivity index (χ0n) is 22.7. The first-order chi connectivity index (χ1) is 19.5. The molecule has 40 heavy (non-hydrogen) atoms. The zero-order chi connectivity index (χ0) is 26.7. The van der Waals surface area contributed by atoms with Crippen molar-refractivity contribution in [2.75, 3.05) is 4.90 Å². The average molecular weight is 529 g/mol. The van der Waals surface area contributed by atoms with Gasteiger partial charge in [0.25, 0.3) is 0 Å². The number of anilines is 3. The minimum absolute atomic E-state index is 0.0687. The number of hydrogen-bond acceptors (Lipinski definition) is 2. The molecular weight excluding hydrogens is 503 g/mol. The Labute approximate surface area is 238 Å². The highest BCUT2D eigenvalue weighted by atomic mass is 32.1. The van der Waals surface area contributed by atoms with Crippen molar-refractivity contribution in [3.05, 3.63) is 114 Å². The molecule has 0 amide bonds. The van der Waals surface area contributed by atoms with Gasteiger partial charge in [-0.25, -0.2) is 0 Å². The van der Waals surface area contributed by atoms with Gasteiger partial charge < -0.3 is 9.88 Å². The van der Waals surface area contributed by atoms with Gasteiger partial charge in [-0.1, -0.05) is 98.2 Å². The van der Waals surface area contributed by atoms with Crippen molar-refractivity contribution >= 4 is 77.8 Å². The number of para-hydroxylation sites is 3. The number of H-pyrrole nitrogens is 1. The number of nitrogens with zero attached hydrogens (tertiary/aromatic N) is 1. The number of aromatic nitrogens is 1. The molecule has 0 saturated carbocycles. The lowest BCUT2D eigenvalue weighted by molar-refractivity contribution is 0.632. The van der Waals surface area contributed by atoms with Crippen molar-refractivity contribution < 1.29 is 0 Å². The van der Waals surface area contributed by atoms with E-state index in [4.69, 9.17) is 0 Å². The topological polar surface area (TPSA) is 19.0 Å². The Morgan fingerprint density at radius 2 is 1.52 bits per heavy atom. The summed E-state index contributed by atoms with van der Waals surface area (Å²) in [5.41, 5.74) is 14.1. The van der Waals surface area contributed by atoms with Crippen molar-refractivity contribution in [3.63, 3.8) is 0 Å². The lowest BCUT2D eigenvalue weighted by Gasteiger charge is -2.46. The third kappa shape index (κ3) is 2.79. The molecule has 7 aromatic rings. The Morgan fingerprint density at radius 3 is 2.45 bits per heavy atom. The predicted molar refractivity (Wildman–Crippen MR) is 173 cm³/mol. The fraction of sp³-hybridized carbons (Fsp3) is 0.111. The standard InChI is InChI=1S/C36H26BN2S/c1-20-18-24(21-11-8-12-23-31-22-10-4-7-17-30(22)40-35(31)38-33(21)23)32-29(19-20)39-28-16-6-5-13-25(28)36(2,3)26-14-9-15-27(37-32)34(26)39/h4-19,38H,1-3H3. The summed E-state index contributed by atoms with van der Waals surface area (Å²) >= 11 is 1.85. The lowest BCUT2D eigenvalue weighted by Crippen LogP contribution is -2.45. The SMILES string of the molecule is Cc1cc(-c2cccc3c2[nH]c2sc4ccccc4c23)c2c(c1)N1c3ccccc3C(C)(C)c3cccc(c31)[B]2. The summed E-state index contributed by atoms with van der Waals surface area (Å²) in [4.78, 5) is 7.62. The maximum absolute atomic E-state index is 3.84. The fourth-order valence-electron chi connectivity index (χ4n) is 7.27. The Morgan fingerprint density at radius 1 is 0.750 bits per heavy atom. The van der Waals surface area contributed by atoms with Crippen LogP contribution in [0.3, 0.4) is 0 Å². The van der Waals surface area contributed by atoms with E-state index in [1.807, 2.05) is 11.3 Å². The summed E-state index contributed by atoms with van der Waals surface area (Å²) in [6.45, 7) is 6.94. The summed E-state index contributed by atoms with van der Waals surface area (Å²) in [5, 5.41) is 3.96. The van der Waals surface area contributed by atoms with Crippen LogP contribution in [-0.4, -0.2) is 12.3 Å². The molecule has 0 aliphatic carbocycles. The highest BCUT2D eigenvalue weighted by Gasteiger charge is 2.40. The molecule has 0 saturated heterocycles. The monoisotopic (exact) mass is 529 g/mol. The number of benzene rings is 5. The first-order valence-corrected chi connectivity index (χ1v) is 14.8. The molecule has 2 aromatic heterocycles. The van der Waals surface area contributed by atoms with Crippen LogP contribution in [-0.2, 0) is 5.41 Å². The predicted octanol–water partition coefficient (Wildman–Crippen LogP) is 8.59. The highest BCUT2D eigenvalue weighted by molar-refractivity contribution is 7.25. The maximum atomic E-state index is 3.84. The van der Waals surface area contributed by atoms with Crippen LogP contribution in [0.4, 0.5) is 17.1 Å². The zero-order valence-corrected chi connectivity index (χ0v) is 23.5. The van der Waals surface area contributed by atoms with Gasteiger partial charge in [0.2, 0.25) is 0 Å². The van der Waals surface area contributed by atoms with Gasteiger partial charge in [0.15, 0.2) is 7.28 Å². The molecule has 9 rings (SSSR count). The van der Waals surface area contributed by atoms with E-state index in [1.54, 1.807) is 0 Å². The van der Waals surface area contributed by atoms with E-state index < -0.39 is 0 Å². The van der Waals surface area contributed by atoms with Crippen LogP contribution in [0.5, 0.6) is 0 Å². The van der Waals surface area contributed by atoms with Crippen LogP contribution >= 0.6 is 11.3 Å². The van der Waals surface area contributed by atoms with Crippen molar-refractivity contribution in [1.29, 1.82) is 0 Å². The van der Waals surface area contributed by atoms with Gasteiger partial charge in [-0.15, -0.1) is 11.3 Å². The van der Waals surface area contributed by atoms with Gasteiger partial charge in [0.05, 0.1) is 11.2 Å². The van der Waals surface area contributed by atoms with E-state index in [9.17, 15) is 0 Å². The van der Waals surface area contributed by atoms with Crippen LogP contribution < -0.4 is 15.8 Å². The number of hydrogen-bond donors (Lipinski definition) is 1. The summed E-state index contributed by atoms with van der Waals surface area (Å²) in [6, 6.07) is 36.0. The second-order valence-corrected chi connectivity index (χ2v) is 12.8. The van der Waals surface area contributed by atoms with Crippen molar-refractivity contribution in [2.24, 2.45) is 0 Å². The smallest absolute Gasteiger partial charge is 0.197 e. The van der Waals surface area contributed by atoms with Crippen LogP contribution in [0.1, 0.15) is 30.5 Å². The highest BCUT2D eigenvalue weighted by Crippen LogP contribution is 2.52. The van der Waals surface area contributed by atoms with Crippen molar-refractivity contribution in [2.45, 2.75) is 26.2 Å². The number of thiophene rings is 1. The molecule has 1 N–H and O–H groups in total. The normalized spacial score (nSPS) is 14.7. The second-order valence-electron chi connectivity index (χ2n) is 11.8. The van der Waals surface area contributed by atoms with Gasteiger partial charge in [-0.3, -0.25) is 0 Å². The molecule has 1 radical (unpaired) electrons.